The fraction of sp³-hybridized carbons (Fsp3) is 0.545. The molecule has 3 rings (SSSR count). The van der Waals surface area contributed by atoms with E-state index in [1.54, 1.807) is 24.0 Å². The third-order valence-electron chi connectivity index (χ3n) is 3.49. The van der Waals surface area contributed by atoms with Crippen LogP contribution in [0.3, 0.4) is 0 Å². The first-order chi connectivity index (χ1) is 8.61. The van der Waals surface area contributed by atoms with Crippen LogP contribution in [0, 0.1) is 0 Å². The molecule has 2 N–H and O–H groups in total. The Morgan fingerprint density at radius 1 is 1.50 bits per heavy atom. The van der Waals surface area contributed by atoms with Crippen molar-refractivity contribution in [2.24, 2.45) is 7.05 Å². The van der Waals surface area contributed by atoms with E-state index in [0.29, 0.717) is 18.7 Å². The van der Waals surface area contributed by atoms with Crippen molar-refractivity contribution in [1.82, 2.24) is 25.3 Å². The van der Waals surface area contributed by atoms with Crippen LogP contribution >= 0.6 is 0 Å². The minimum atomic E-state index is -0.730. The zero-order valence-corrected chi connectivity index (χ0v) is 10.1. The minimum absolute atomic E-state index is 0.150. The molecule has 2 fully saturated rings. The molecule has 2 aliphatic heterocycles. The van der Waals surface area contributed by atoms with Crippen molar-refractivity contribution in [1.29, 1.82) is 0 Å². The summed E-state index contributed by atoms with van der Waals surface area (Å²) in [6, 6.07) is 1.48. The largest absolute Gasteiger partial charge is 0.325 e. The number of aromatic nitrogens is 2. The highest BCUT2D eigenvalue weighted by molar-refractivity contribution is 6.07. The Labute approximate surface area is 104 Å². The molecule has 0 aliphatic carbocycles. The van der Waals surface area contributed by atoms with Crippen molar-refractivity contribution in [3.05, 3.63) is 18.0 Å². The van der Waals surface area contributed by atoms with E-state index in [1.807, 2.05) is 0 Å². The highest BCUT2D eigenvalue weighted by Gasteiger charge is 2.52. The maximum atomic E-state index is 12.3. The van der Waals surface area contributed by atoms with Gasteiger partial charge in [-0.2, -0.15) is 5.10 Å². The van der Waals surface area contributed by atoms with Gasteiger partial charge in [0.25, 0.3) is 5.91 Å². The maximum Gasteiger partial charge on any atom is 0.325 e. The molecule has 96 valence electrons. The molecule has 1 aromatic rings. The predicted octanol–water partition coefficient (Wildman–Crippen LogP) is -0.796. The number of rotatable bonds is 2. The number of nitrogens with one attached hydrogen (secondary N) is 2. The van der Waals surface area contributed by atoms with E-state index in [2.05, 4.69) is 15.7 Å². The first-order valence-electron chi connectivity index (χ1n) is 5.94. The molecule has 3 heterocycles. The fourth-order valence-corrected chi connectivity index (χ4v) is 2.51. The van der Waals surface area contributed by atoms with Crippen LogP contribution in [0.5, 0.6) is 0 Å². The van der Waals surface area contributed by atoms with E-state index in [4.69, 9.17) is 0 Å². The topological polar surface area (TPSA) is 79.3 Å². The molecule has 0 bridgehead atoms. The van der Waals surface area contributed by atoms with Gasteiger partial charge in [-0.05, 0) is 19.0 Å². The van der Waals surface area contributed by atoms with Gasteiger partial charge in [0.05, 0.1) is 12.2 Å². The van der Waals surface area contributed by atoms with Gasteiger partial charge in [-0.3, -0.25) is 14.4 Å². The summed E-state index contributed by atoms with van der Waals surface area (Å²) in [7, 11) is 1.80. The number of carbonyl (C=O) groups excluding carboxylic acids is 2. The molecule has 0 saturated carbocycles. The van der Waals surface area contributed by atoms with Crippen LogP contribution in [0.1, 0.15) is 12.1 Å². The quantitative estimate of drug-likeness (QED) is 0.673. The summed E-state index contributed by atoms with van der Waals surface area (Å²) in [6.45, 7) is 1.49. The number of aryl methyl sites for hydroxylation is 1. The summed E-state index contributed by atoms with van der Waals surface area (Å²) < 4.78 is 1.65. The van der Waals surface area contributed by atoms with Crippen molar-refractivity contribution >= 4 is 11.9 Å². The van der Waals surface area contributed by atoms with E-state index in [0.717, 1.165) is 6.54 Å². The third kappa shape index (κ3) is 1.59. The molecular weight excluding hydrogens is 234 g/mol. The predicted molar refractivity (Wildman–Crippen MR) is 62.5 cm³/mol. The van der Waals surface area contributed by atoms with Crippen LogP contribution in [-0.2, 0) is 18.4 Å². The van der Waals surface area contributed by atoms with E-state index in [9.17, 15) is 9.59 Å². The highest BCUT2D eigenvalue weighted by atomic mass is 16.2. The van der Waals surface area contributed by atoms with Gasteiger partial charge in [-0.1, -0.05) is 0 Å². The van der Waals surface area contributed by atoms with Crippen LogP contribution < -0.4 is 10.6 Å². The molecule has 0 radical (unpaired) electrons. The van der Waals surface area contributed by atoms with Crippen LogP contribution in [-0.4, -0.2) is 45.2 Å². The monoisotopic (exact) mass is 249 g/mol. The van der Waals surface area contributed by atoms with E-state index in [-0.39, 0.29) is 18.5 Å². The van der Waals surface area contributed by atoms with Gasteiger partial charge in [-0.25, -0.2) is 4.79 Å². The van der Waals surface area contributed by atoms with Gasteiger partial charge >= 0.3 is 6.03 Å². The standard InChI is InChI=1S/C11H15N5O2/c1-15-5-2-8(14-15)6-16-9(17)11(13-10(16)18)3-4-12-7-11/h2,5,12H,3-4,6-7H2,1H3,(H,13,18). The molecule has 3 amide bonds. The molecule has 1 spiro atoms. The van der Waals surface area contributed by atoms with Crippen LogP contribution in [0.15, 0.2) is 12.3 Å². The average molecular weight is 249 g/mol. The third-order valence-corrected chi connectivity index (χ3v) is 3.49. The van der Waals surface area contributed by atoms with Crippen LogP contribution in [0.25, 0.3) is 0 Å². The Hall–Kier alpha value is -1.89. The Morgan fingerprint density at radius 3 is 2.94 bits per heavy atom. The van der Waals surface area contributed by atoms with Gasteiger partial charge in [-0.15, -0.1) is 0 Å². The summed E-state index contributed by atoms with van der Waals surface area (Å²) >= 11 is 0. The van der Waals surface area contributed by atoms with Crippen molar-refractivity contribution < 1.29 is 9.59 Å². The molecule has 7 nitrogen and oxygen atoms in total. The van der Waals surface area contributed by atoms with Gasteiger partial charge in [0.2, 0.25) is 0 Å². The second-order valence-electron chi connectivity index (χ2n) is 4.81. The lowest BCUT2D eigenvalue weighted by Crippen LogP contribution is -2.48. The van der Waals surface area contributed by atoms with E-state index < -0.39 is 5.54 Å². The number of amides is 3. The van der Waals surface area contributed by atoms with Crippen molar-refractivity contribution in [2.45, 2.75) is 18.5 Å². The Balaban J connectivity index is 1.80. The summed E-state index contributed by atoms with van der Waals surface area (Å²) in [6.07, 6.45) is 2.44. The van der Waals surface area contributed by atoms with Crippen LogP contribution in [0.4, 0.5) is 4.79 Å². The molecule has 1 aromatic heterocycles. The zero-order valence-electron chi connectivity index (χ0n) is 10.1. The lowest BCUT2D eigenvalue weighted by molar-refractivity contribution is -0.131. The minimum Gasteiger partial charge on any atom is -0.322 e. The number of nitrogens with zero attached hydrogens (tertiary/aromatic N) is 3. The molecule has 0 aromatic carbocycles. The van der Waals surface area contributed by atoms with Crippen molar-refractivity contribution in [3.63, 3.8) is 0 Å². The second-order valence-corrected chi connectivity index (χ2v) is 4.81. The highest BCUT2D eigenvalue weighted by Crippen LogP contribution is 2.25. The summed E-state index contributed by atoms with van der Waals surface area (Å²) in [5.74, 6) is -0.150. The Morgan fingerprint density at radius 2 is 2.33 bits per heavy atom. The molecule has 18 heavy (non-hydrogen) atoms. The van der Waals surface area contributed by atoms with Crippen LogP contribution in [0.2, 0.25) is 0 Å². The molecule has 1 unspecified atom stereocenters. The first kappa shape index (κ1) is 11.2. The van der Waals surface area contributed by atoms with E-state index in [1.165, 1.54) is 4.90 Å². The first-order valence-corrected chi connectivity index (χ1v) is 5.94. The average Bonchev–Trinajstić information content (AvgIpc) is 2.99. The SMILES string of the molecule is Cn1ccc(CN2C(=O)NC3(CCNC3)C2=O)n1. The van der Waals surface area contributed by atoms with Crippen molar-refractivity contribution in [3.8, 4) is 0 Å². The number of imide groups is 1. The van der Waals surface area contributed by atoms with Gasteiger partial charge in [0.15, 0.2) is 0 Å². The Bertz CT molecular complexity index is 503. The van der Waals surface area contributed by atoms with Gasteiger partial charge in [0, 0.05) is 19.8 Å². The van der Waals surface area contributed by atoms with Gasteiger partial charge < -0.3 is 10.6 Å². The smallest absolute Gasteiger partial charge is 0.322 e. The van der Waals surface area contributed by atoms with E-state index >= 15 is 0 Å². The second kappa shape index (κ2) is 3.81. The molecule has 2 aliphatic rings. The summed E-state index contributed by atoms with van der Waals surface area (Å²) in [5, 5.41) is 10.1. The zero-order chi connectivity index (χ0) is 12.8. The number of carbonyl (C=O) groups is 2. The molecular formula is C11H15N5O2. The molecule has 2 saturated heterocycles. The Kier molecular flexibility index (Phi) is 2.37. The fourth-order valence-electron chi connectivity index (χ4n) is 2.51. The molecule has 1 atom stereocenters. The number of hydrogen-bond acceptors (Lipinski definition) is 4. The van der Waals surface area contributed by atoms with Gasteiger partial charge in [0.1, 0.15) is 5.54 Å². The summed E-state index contributed by atoms with van der Waals surface area (Å²) in [4.78, 5) is 25.5. The normalized spacial score (nSPS) is 27.3. The lowest BCUT2D eigenvalue weighted by Gasteiger charge is -2.18. The number of hydrogen-bond donors (Lipinski definition) is 2. The molecule has 7 heteroatoms. The van der Waals surface area contributed by atoms with Crippen molar-refractivity contribution in [2.75, 3.05) is 13.1 Å². The number of urea groups is 1. The summed E-state index contributed by atoms with van der Waals surface area (Å²) in [5.41, 5.74) is -0.0183. The maximum absolute atomic E-state index is 12.3. The lowest BCUT2D eigenvalue weighted by atomic mass is 9.99.